The number of benzene rings is 5. The summed E-state index contributed by atoms with van der Waals surface area (Å²) in [5.41, 5.74) is 10.8. The lowest BCUT2D eigenvalue weighted by molar-refractivity contribution is 0.669. The van der Waals surface area contributed by atoms with Crippen LogP contribution in [0.25, 0.3) is 44.2 Å². The number of rotatable bonds is 2. The van der Waals surface area contributed by atoms with Gasteiger partial charge in [0.2, 0.25) is 0 Å². The summed E-state index contributed by atoms with van der Waals surface area (Å²) in [6.07, 6.45) is 0. The van der Waals surface area contributed by atoms with Crippen molar-refractivity contribution in [3.63, 3.8) is 0 Å². The van der Waals surface area contributed by atoms with Crippen molar-refractivity contribution in [2.45, 2.75) is 12.3 Å². The molecule has 0 amide bonds. The molecule has 0 radical (unpaired) electrons. The molecule has 1 heteroatoms. The molecule has 0 aliphatic heterocycles. The van der Waals surface area contributed by atoms with Gasteiger partial charge in [0.1, 0.15) is 11.2 Å². The lowest BCUT2D eigenvalue weighted by Gasteiger charge is -2.28. The van der Waals surface area contributed by atoms with Crippen LogP contribution in [0.4, 0.5) is 0 Å². The summed E-state index contributed by atoms with van der Waals surface area (Å²) in [6, 6.07) is 41.4. The zero-order valence-electron chi connectivity index (χ0n) is 18.4. The molecule has 0 atom stereocenters. The normalized spacial score (nSPS) is 13.8. The molecule has 0 unspecified atom stereocenters. The first-order chi connectivity index (χ1) is 16.2. The highest BCUT2D eigenvalue weighted by molar-refractivity contribution is 6.12. The number of hydrogen-bond donors (Lipinski definition) is 0. The van der Waals surface area contributed by atoms with Crippen LogP contribution >= 0.6 is 0 Å². The molecular weight excluding hydrogens is 400 g/mol. The van der Waals surface area contributed by atoms with Crippen LogP contribution in [0.15, 0.2) is 120 Å². The second-order valence-electron chi connectivity index (χ2n) is 9.07. The van der Waals surface area contributed by atoms with Crippen LogP contribution in [0.5, 0.6) is 0 Å². The maximum Gasteiger partial charge on any atom is 0.136 e. The van der Waals surface area contributed by atoms with Gasteiger partial charge in [0.25, 0.3) is 0 Å². The predicted molar refractivity (Wildman–Crippen MR) is 137 cm³/mol. The van der Waals surface area contributed by atoms with Crippen molar-refractivity contribution >= 4 is 21.9 Å². The van der Waals surface area contributed by atoms with E-state index in [2.05, 4.69) is 110 Å². The van der Waals surface area contributed by atoms with E-state index >= 15 is 0 Å². The van der Waals surface area contributed by atoms with E-state index in [0.717, 1.165) is 16.6 Å². The van der Waals surface area contributed by atoms with E-state index in [-0.39, 0.29) is 5.41 Å². The van der Waals surface area contributed by atoms with Crippen LogP contribution < -0.4 is 0 Å². The lowest BCUT2D eigenvalue weighted by atomic mass is 9.73. The van der Waals surface area contributed by atoms with Gasteiger partial charge in [0.15, 0.2) is 0 Å². The molecule has 0 saturated heterocycles. The average molecular weight is 423 g/mol. The molecule has 1 aliphatic rings. The third kappa shape index (κ3) is 2.48. The molecule has 6 aromatic rings. The molecule has 1 aromatic heterocycles. The molecule has 0 spiro atoms. The van der Waals surface area contributed by atoms with Gasteiger partial charge in [-0.15, -0.1) is 0 Å². The van der Waals surface area contributed by atoms with Crippen molar-refractivity contribution < 1.29 is 4.42 Å². The number of furan rings is 1. The van der Waals surface area contributed by atoms with Crippen LogP contribution in [0.3, 0.4) is 0 Å². The van der Waals surface area contributed by atoms with Crippen molar-refractivity contribution in [1.82, 2.24) is 0 Å². The first-order valence-corrected chi connectivity index (χ1v) is 11.5. The largest absolute Gasteiger partial charge is 0.456 e. The maximum absolute atomic E-state index is 6.16. The second-order valence-corrected chi connectivity index (χ2v) is 9.07. The van der Waals surface area contributed by atoms with E-state index in [1.54, 1.807) is 0 Å². The van der Waals surface area contributed by atoms with Gasteiger partial charge in [-0.1, -0.05) is 97.1 Å². The summed E-state index contributed by atoms with van der Waals surface area (Å²) in [7, 11) is 0. The van der Waals surface area contributed by atoms with Crippen molar-refractivity contribution in [2.75, 3.05) is 0 Å². The van der Waals surface area contributed by atoms with E-state index < -0.39 is 0 Å². The first-order valence-electron chi connectivity index (χ1n) is 11.5. The minimum Gasteiger partial charge on any atom is -0.456 e. The van der Waals surface area contributed by atoms with E-state index in [9.17, 15) is 0 Å². The highest BCUT2D eigenvalue weighted by Gasteiger charge is 2.40. The van der Waals surface area contributed by atoms with Gasteiger partial charge in [0.05, 0.1) is 0 Å². The molecular formula is C32H22O. The maximum atomic E-state index is 6.16. The Hall–Kier alpha value is -4.10. The van der Waals surface area contributed by atoms with Crippen LogP contribution in [0.2, 0.25) is 0 Å². The van der Waals surface area contributed by atoms with E-state index in [1.807, 2.05) is 12.1 Å². The quantitative estimate of drug-likeness (QED) is 0.272. The summed E-state index contributed by atoms with van der Waals surface area (Å²) in [5, 5.41) is 2.35. The van der Waals surface area contributed by atoms with Gasteiger partial charge in [0, 0.05) is 16.2 Å². The van der Waals surface area contributed by atoms with E-state index in [1.165, 1.54) is 44.3 Å². The molecule has 1 aliphatic carbocycles. The van der Waals surface area contributed by atoms with Gasteiger partial charge >= 0.3 is 0 Å². The van der Waals surface area contributed by atoms with Gasteiger partial charge in [-0.25, -0.2) is 0 Å². The Morgan fingerprint density at radius 3 is 1.94 bits per heavy atom. The molecule has 0 saturated carbocycles. The van der Waals surface area contributed by atoms with Crippen LogP contribution in [0.1, 0.15) is 23.6 Å². The molecule has 1 nitrogen and oxygen atoms in total. The standard InChI is InChI=1S/C32H22O/c1-32(27-16-5-2-12-24(27)25-13-3-6-17-28(25)32)22-11-8-10-21(20-22)23-15-9-19-30-31(23)26-14-4-7-18-29(26)33-30/h2-20H,1H3. The van der Waals surface area contributed by atoms with Crippen LogP contribution in [-0.2, 0) is 5.41 Å². The Balaban J connectivity index is 1.49. The SMILES string of the molecule is CC1(c2cccc(-c3cccc4oc5ccccc5c34)c2)c2ccccc2-c2ccccc21. The zero-order chi connectivity index (χ0) is 22.0. The lowest BCUT2D eigenvalue weighted by Crippen LogP contribution is -2.22. The van der Waals surface area contributed by atoms with Gasteiger partial charge < -0.3 is 4.42 Å². The molecule has 5 aromatic carbocycles. The smallest absolute Gasteiger partial charge is 0.136 e. The number of fused-ring (bicyclic) bond motifs is 6. The van der Waals surface area contributed by atoms with E-state index in [0.29, 0.717) is 0 Å². The Morgan fingerprint density at radius 1 is 0.545 bits per heavy atom. The molecule has 0 bridgehead atoms. The highest BCUT2D eigenvalue weighted by atomic mass is 16.3. The zero-order valence-corrected chi connectivity index (χ0v) is 18.4. The minimum atomic E-state index is -0.199. The molecule has 156 valence electrons. The van der Waals surface area contributed by atoms with E-state index in [4.69, 9.17) is 4.42 Å². The number of para-hydroxylation sites is 1. The van der Waals surface area contributed by atoms with Crippen molar-refractivity contribution in [1.29, 1.82) is 0 Å². The first kappa shape index (κ1) is 18.5. The summed E-state index contributed by atoms with van der Waals surface area (Å²) in [6.45, 7) is 2.37. The summed E-state index contributed by atoms with van der Waals surface area (Å²) >= 11 is 0. The average Bonchev–Trinajstić information content (AvgIpc) is 3.39. The Morgan fingerprint density at radius 2 is 1.15 bits per heavy atom. The molecule has 7 rings (SSSR count). The van der Waals surface area contributed by atoms with Crippen LogP contribution in [0, 0.1) is 0 Å². The predicted octanol–water partition coefficient (Wildman–Crippen LogP) is 8.59. The summed E-state index contributed by atoms with van der Waals surface area (Å²) in [4.78, 5) is 0. The second kappa shape index (κ2) is 6.70. The topological polar surface area (TPSA) is 13.1 Å². The third-order valence-corrected chi connectivity index (χ3v) is 7.38. The Bertz CT molecular complexity index is 1640. The molecule has 33 heavy (non-hydrogen) atoms. The molecule has 1 heterocycles. The van der Waals surface area contributed by atoms with Crippen LogP contribution in [-0.4, -0.2) is 0 Å². The van der Waals surface area contributed by atoms with Crippen molar-refractivity contribution in [2.24, 2.45) is 0 Å². The minimum absolute atomic E-state index is 0.199. The Labute approximate surface area is 192 Å². The fourth-order valence-electron chi connectivity index (χ4n) is 5.78. The van der Waals surface area contributed by atoms with Crippen molar-refractivity contribution in [3.8, 4) is 22.3 Å². The number of hydrogen-bond acceptors (Lipinski definition) is 1. The van der Waals surface area contributed by atoms with Gasteiger partial charge in [-0.05, 0) is 64.1 Å². The Kier molecular flexibility index (Phi) is 3.75. The monoisotopic (exact) mass is 422 g/mol. The molecule has 0 N–H and O–H groups in total. The fourth-order valence-corrected chi connectivity index (χ4v) is 5.78. The highest BCUT2D eigenvalue weighted by Crippen LogP contribution is 2.52. The summed E-state index contributed by atoms with van der Waals surface area (Å²) in [5.74, 6) is 0. The van der Waals surface area contributed by atoms with Gasteiger partial charge in [-0.3, -0.25) is 0 Å². The van der Waals surface area contributed by atoms with Gasteiger partial charge in [-0.2, -0.15) is 0 Å². The molecule has 0 fully saturated rings. The van der Waals surface area contributed by atoms with Crippen molar-refractivity contribution in [3.05, 3.63) is 132 Å². The third-order valence-electron chi connectivity index (χ3n) is 7.38. The summed E-state index contributed by atoms with van der Waals surface area (Å²) < 4.78 is 6.16. The fraction of sp³-hybridized carbons (Fsp3) is 0.0625.